The van der Waals surface area contributed by atoms with Crippen LogP contribution in [0.5, 0.6) is 0 Å². The quantitative estimate of drug-likeness (QED) is 0.856. The van der Waals surface area contributed by atoms with Crippen molar-refractivity contribution in [2.45, 2.75) is 13.3 Å². The van der Waals surface area contributed by atoms with E-state index in [1.54, 1.807) is 11.1 Å². The lowest BCUT2D eigenvalue weighted by molar-refractivity contribution is -0.117. The van der Waals surface area contributed by atoms with Gasteiger partial charge in [0.25, 0.3) is 0 Å². The minimum absolute atomic E-state index is 0.0136. The summed E-state index contributed by atoms with van der Waals surface area (Å²) in [7, 11) is 0. The van der Waals surface area contributed by atoms with Crippen LogP contribution in [0.2, 0.25) is 0 Å². The highest BCUT2D eigenvalue weighted by atomic mass is 79.9. The summed E-state index contributed by atoms with van der Waals surface area (Å²) in [5, 5.41) is 9.11. The Labute approximate surface area is 108 Å². The summed E-state index contributed by atoms with van der Waals surface area (Å²) in [4.78, 5) is 17.5. The summed E-state index contributed by atoms with van der Waals surface area (Å²) in [5.41, 5.74) is 7.38. The molecule has 1 aromatic heterocycles. The van der Waals surface area contributed by atoms with Crippen LogP contribution in [0.1, 0.15) is 12.0 Å². The van der Waals surface area contributed by atoms with Gasteiger partial charge in [-0.15, -0.1) is 0 Å². The van der Waals surface area contributed by atoms with Crippen LogP contribution in [0.15, 0.2) is 10.7 Å². The lowest BCUT2D eigenvalue weighted by Gasteiger charge is -2.20. The fourth-order valence-corrected chi connectivity index (χ4v) is 2.34. The molecule has 1 aromatic rings. The molecule has 1 fully saturated rings. The van der Waals surface area contributed by atoms with E-state index < -0.39 is 0 Å². The lowest BCUT2D eigenvalue weighted by Crippen LogP contribution is -2.27. The van der Waals surface area contributed by atoms with Crippen molar-refractivity contribution >= 4 is 33.3 Å². The minimum Gasteiger partial charge on any atom is -0.396 e. The second-order valence-corrected chi connectivity index (χ2v) is 5.08. The maximum Gasteiger partial charge on any atom is 0.227 e. The van der Waals surface area contributed by atoms with Gasteiger partial charge in [0, 0.05) is 36.2 Å². The first-order valence-corrected chi connectivity index (χ1v) is 6.15. The van der Waals surface area contributed by atoms with E-state index in [4.69, 9.17) is 10.8 Å². The first-order chi connectivity index (χ1) is 8.04. The lowest BCUT2D eigenvalue weighted by atomic mass is 10.1. The number of carbonyl (C=O) groups excluding carboxylic acids is 1. The molecule has 5 nitrogen and oxygen atoms in total. The van der Waals surface area contributed by atoms with Gasteiger partial charge >= 0.3 is 0 Å². The highest BCUT2D eigenvalue weighted by Gasteiger charge is 2.32. The molecule has 1 amide bonds. The number of rotatable bonds is 2. The maximum absolute atomic E-state index is 11.9. The first-order valence-electron chi connectivity index (χ1n) is 5.36. The summed E-state index contributed by atoms with van der Waals surface area (Å²) in [6, 6.07) is 0. The molecule has 0 aromatic carbocycles. The highest BCUT2D eigenvalue weighted by molar-refractivity contribution is 9.10. The van der Waals surface area contributed by atoms with E-state index in [2.05, 4.69) is 20.9 Å². The number of aliphatic hydroxyl groups excluding tert-OH is 1. The Morgan fingerprint density at radius 2 is 2.41 bits per heavy atom. The molecular formula is C11H14BrN3O2. The SMILES string of the molecule is Cc1c(Br)cnc(N)c1N1CC(CO)CC1=O. The molecule has 17 heavy (non-hydrogen) atoms. The van der Waals surface area contributed by atoms with Crippen molar-refractivity contribution in [2.24, 2.45) is 5.92 Å². The van der Waals surface area contributed by atoms with Crippen LogP contribution in [0.25, 0.3) is 0 Å². The number of nitrogens with zero attached hydrogens (tertiary/aromatic N) is 2. The Hall–Kier alpha value is -1.14. The zero-order valence-electron chi connectivity index (χ0n) is 9.48. The van der Waals surface area contributed by atoms with Crippen molar-refractivity contribution in [1.82, 2.24) is 4.98 Å². The number of carbonyl (C=O) groups is 1. The van der Waals surface area contributed by atoms with Crippen LogP contribution in [0.3, 0.4) is 0 Å². The highest BCUT2D eigenvalue weighted by Crippen LogP contribution is 2.34. The number of pyridine rings is 1. The normalized spacial score (nSPS) is 20.1. The molecule has 1 aliphatic heterocycles. The summed E-state index contributed by atoms with van der Waals surface area (Å²) in [6.07, 6.45) is 1.99. The Kier molecular flexibility index (Phi) is 3.35. The zero-order chi connectivity index (χ0) is 12.6. The predicted octanol–water partition coefficient (Wildman–Crippen LogP) is 1.08. The Morgan fingerprint density at radius 1 is 1.71 bits per heavy atom. The van der Waals surface area contributed by atoms with E-state index in [-0.39, 0.29) is 18.4 Å². The fourth-order valence-electron chi connectivity index (χ4n) is 2.05. The molecule has 0 spiro atoms. The van der Waals surface area contributed by atoms with E-state index in [1.807, 2.05) is 6.92 Å². The van der Waals surface area contributed by atoms with Crippen LogP contribution in [0, 0.1) is 12.8 Å². The van der Waals surface area contributed by atoms with Gasteiger partial charge in [0.05, 0.1) is 5.69 Å². The van der Waals surface area contributed by atoms with Crippen LogP contribution >= 0.6 is 15.9 Å². The third-order valence-electron chi connectivity index (χ3n) is 3.01. The molecule has 2 rings (SSSR count). The van der Waals surface area contributed by atoms with Crippen LogP contribution in [0.4, 0.5) is 11.5 Å². The average molecular weight is 300 g/mol. The molecule has 1 atom stereocenters. The van der Waals surface area contributed by atoms with Gasteiger partial charge in [-0.1, -0.05) is 0 Å². The number of hydrogen-bond acceptors (Lipinski definition) is 4. The predicted molar refractivity (Wildman–Crippen MR) is 68.6 cm³/mol. The van der Waals surface area contributed by atoms with Gasteiger partial charge in [0.2, 0.25) is 5.91 Å². The topological polar surface area (TPSA) is 79.4 Å². The maximum atomic E-state index is 11.9. The van der Waals surface area contributed by atoms with E-state index >= 15 is 0 Å². The van der Waals surface area contributed by atoms with Gasteiger partial charge in [0.15, 0.2) is 0 Å². The molecular weight excluding hydrogens is 286 g/mol. The number of amides is 1. The third-order valence-corrected chi connectivity index (χ3v) is 3.81. The van der Waals surface area contributed by atoms with E-state index in [1.165, 1.54) is 0 Å². The second-order valence-electron chi connectivity index (χ2n) is 4.22. The monoisotopic (exact) mass is 299 g/mol. The molecule has 1 aliphatic rings. The van der Waals surface area contributed by atoms with Gasteiger partial charge in [-0.2, -0.15) is 0 Å². The van der Waals surface area contributed by atoms with Crippen molar-refractivity contribution in [3.63, 3.8) is 0 Å². The third kappa shape index (κ3) is 2.14. The Balaban J connectivity index is 2.41. The molecule has 1 saturated heterocycles. The molecule has 0 radical (unpaired) electrons. The van der Waals surface area contributed by atoms with Gasteiger partial charge in [-0.3, -0.25) is 4.79 Å². The van der Waals surface area contributed by atoms with Gasteiger partial charge in [-0.25, -0.2) is 4.98 Å². The molecule has 2 heterocycles. The molecule has 1 unspecified atom stereocenters. The Morgan fingerprint density at radius 3 is 3.00 bits per heavy atom. The van der Waals surface area contributed by atoms with Crippen molar-refractivity contribution in [1.29, 1.82) is 0 Å². The van der Waals surface area contributed by atoms with Crippen LogP contribution < -0.4 is 10.6 Å². The number of anilines is 2. The van der Waals surface area contributed by atoms with E-state index in [9.17, 15) is 4.79 Å². The summed E-state index contributed by atoms with van der Waals surface area (Å²) >= 11 is 3.37. The average Bonchev–Trinajstić information content (AvgIpc) is 2.66. The summed E-state index contributed by atoms with van der Waals surface area (Å²) in [5.74, 6) is 0.316. The second kappa shape index (κ2) is 4.62. The number of nitrogen functional groups attached to an aromatic ring is 1. The minimum atomic E-state index is -0.0150. The number of halogens is 1. The molecule has 0 bridgehead atoms. The largest absolute Gasteiger partial charge is 0.396 e. The van der Waals surface area contributed by atoms with Crippen LogP contribution in [-0.4, -0.2) is 29.1 Å². The smallest absolute Gasteiger partial charge is 0.227 e. The first kappa shape index (κ1) is 12.3. The van der Waals surface area contributed by atoms with Gasteiger partial charge < -0.3 is 15.7 Å². The number of hydrogen-bond donors (Lipinski definition) is 2. The number of nitrogens with two attached hydrogens (primary N) is 1. The number of aliphatic hydroxyl groups is 1. The summed E-state index contributed by atoms with van der Waals surface area (Å²) in [6.45, 7) is 2.40. The van der Waals surface area contributed by atoms with Crippen molar-refractivity contribution in [3.05, 3.63) is 16.2 Å². The van der Waals surface area contributed by atoms with Crippen LogP contribution in [-0.2, 0) is 4.79 Å². The van der Waals surface area contributed by atoms with Crippen molar-refractivity contribution < 1.29 is 9.90 Å². The van der Waals surface area contributed by atoms with Gasteiger partial charge in [-0.05, 0) is 28.4 Å². The molecule has 92 valence electrons. The van der Waals surface area contributed by atoms with Crippen molar-refractivity contribution in [2.75, 3.05) is 23.8 Å². The molecule has 6 heteroatoms. The van der Waals surface area contributed by atoms with Crippen molar-refractivity contribution in [3.8, 4) is 0 Å². The molecule has 0 aliphatic carbocycles. The fraction of sp³-hybridized carbons (Fsp3) is 0.455. The van der Waals surface area contributed by atoms with E-state index in [0.717, 1.165) is 10.0 Å². The standard InChI is InChI=1S/C11H14BrN3O2/c1-6-8(12)3-14-11(13)10(6)15-4-7(5-16)2-9(15)17/h3,7,16H,2,4-5H2,1H3,(H2,13,14). The molecule has 0 saturated carbocycles. The zero-order valence-corrected chi connectivity index (χ0v) is 11.1. The summed E-state index contributed by atoms with van der Waals surface area (Å²) < 4.78 is 0.821. The van der Waals surface area contributed by atoms with Gasteiger partial charge in [0.1, 0.15) is 5.82 Å². The Bertz CT molecular complexity index is 464. The molecule has 3 N–H and O–H groups in total. The number of aromatic nitrogens is 1. The van der Waals surface area contributed by atoms with E-state index in [0.29, 0.717) is 24.5 Å².